The van der Waals surface area contributed by atoms with Crippen LogP contribution < -0.4 is 4.90 Å². The zero-order valence-electron chi connectivity index (χ0n) is 9.80. The van der Waals surface area contributed by atoms with Crippen LogP contribution in [0.15, 0.2) is 12.1 Å². The van der Waals surface area contributed by atoms with Gasteiger partial charge in [-0.2, -0.15) is 0 Å². The molecule has 0 atom stereocenters. The Kier molecular flexibility index (Phi) is 2.36. The van der Waals surface area contributed by atoms with Gasteiger partial charge < -0.3 is 9.64 Å². The number of halogens is 2. The van der Waals surface area contributed by atoms with Gasteiger partial charge in [-0.3, -0.25) is 0 Å². The lowest BCUT2D eigenvalue weighted by molar-refractivity contribution is 0.257. The molecule has 2 aliphatic heterocycles. The van der Waals surface area contributed by atoms with E-state index in [0.29, 0.717) is 18.7 Å². The van der Waals surface area contributed by atoms with E-state index in [0.717, 1.165) is 19.4 Å². The highest BCUT2D eigenvalue weighted by Gasteiger charge is 2.47. The fourth-order valence-electron chi connectivity index (χ4n) is 2.52. The van der Waals surface area contributed by atoms with Crippen LogP contribution in [0, 0.1) is 18.6 Å². The number of aryl methyl sites for hydroxylation is 1. The third kappa shape index (κ3) is 1.90. The van der Waals surface area contributed by atoms with E-state index in [9.17, 15) is 8.78 Å². The fraction of sp³-hybridized carbons (Fsp3) is 0.538. The summed E-state index contributed by atoms with van der Waals surface area (Å²) in [5.41, 5.74) is 0.766. The zero-order valence-corrected chi connectivity index (χ0v) is 9.80. The van der Waals surface area contributed by atoms with Gasteiger partial charge in [-0.05, 0) is 37.5 Å². The molecule has 2 saturated heterocycles. The molecular formula is C13H15F2NO. The van der Waals surface area contributed by atoms with Crippen molar-refractivity contribution in [3.63, 3.8) is 0 Å². The van der Waals surface area contributed by atoms with Crippen LogP contribution in [0.1, 0.15) is 18.4 Å². The van der Waals surface area contributed by atoms with E-state index in [-0.39, 0.29) is 11.3 Å². The van der Waals surface area contributed by atoms with Crippen molar-refractivity contribution in [3.8, 4) is 0 Å². The first-order chi connectivity index (χ1) is 8.10. The minimum Gasteiger partial charge on any atom is -0.369 e. The number of piperidine rings is 1. The van der Waals surface area contributed by atoms with Gasteiger partial charge in [0.25, 0.3) is 0 Å². The number of hydrogen-bond donors (Lipinski definition) is 0. The Morgan fingerprint density at radius 1 is 1.18 bits per heavy atom. The summed E-state index contributed by atoms with van der Waals surface area (Å²) in [4.78, 5) is 1.79. The molecule has 2 aliphatic rings. The molecule has 0 aliphatic carbocycles. The third-order valence-electron chi connectivity index (χ3n) is 3.70. The molecular weight excluding hydrogens is 224 g/mol. The van der Waals surface area contributed by atoms with E-state index in [4.69, 9.17) is 4.74 Å². The fourth-order valence-corrected chi connectivity index (χ4v) is 2.52. The molecule has 3 rings (SSSR count). The van der Waals surface area contributed by atoms with Gasteiger partial charge in [-0.1, -0.05) is 0 Å². The first-order valence-electron chi connectivity index (χ1n) is 5.94. The highest BCUT2D eigenvalue weighted by Crippen LogP contribution is 2.39. The zero-order chi connectivity index (χ0) is 12.0. The minimum atomic E-state index is -0.463. The van der Waals surface area contributed by atoms with Gasteiger partial charge in [0.15, 0.2) is 0 Å². The summed E-state index contributed by atoms with van der Waals surface area (Å²) < 4.78 is 33.0. The minimum absolute atomic E-state index is 0.0359. The highest BCUT2D eigenvalue weighted by atomic mass is 19.1. The number of nitrogens with zero attached hydrogens (tertiary/aromatic N) is 1. The molecule has 2 heterocycles. The highest BCUT2D eigenvalue weighted by molar-refractivity contribution is 5.51. The van der Waals surface area contributed by atoms with E-state index in [1.54, 1.807) is 11.8 Å². The third-order valence-corrected chi connectivity index (χ3v) is 3.70. The van der Waals surface area contributed by atoms with Crippen molar-refractivity contribution in [2.24, 2.45) is 0 Å². The van der Waals surface area contributed by atoms with Crippen molar-refractivity contribution in [1.82, 2.24) is 0 Å². The molecule has 0 bridgehead atoms. The molecule has 2 nitrogen and oxygen atoms in total. The van der Waals surface area contributed by atoms with Crippen LogP contribution in [0.4, 0.5) is 14.5 Å². The molecule has 0 saturated carbocycles. The Balaban J connectivity index is 1.84. The van der Waals surface area contributed by atoms with Gasteiger partial charge in [0.2, 0.25) is 0 Å². The average Bonchev–Trinajstić information content (AvgIpc) is 3.00. The summed E-state index contributed by atoms with van der Waals surface area (Å²) >= 11 is 0. The van der Waals surface area contributed by atoms with Crippen LogP contribution in [0.5, 0.6) is 0 Å². The Morgan fingerprint density at radius 2 is 1.71 bits per heavy atom. The van der Waals surface area contributed by atoms with Crippen molar-refractivity contribution in [2.45, 2.75) is 25.4 Å². The Morgan fingerprint density at radius 3 is 2.18 bits per heavy atom. The second kappa shape index (κ2) is 3.67. The predicted molar refractivity (Wildman–Crippen MR) is 61.2 cm³/mol. The lowest BCUT2D eigenvalue weighted by atomic mass is 9.97. The maximum Gasteiger partial charge on any atom is 0.149 e. The van der Waals surface area contributed by atoms with E-state index >= 15 is 0 Å². The van der Waals surface area contributed by atoms with Crippen LogP contribution in [-0.2, 0) is 4.74 Å². The van der Waals surface area contributed by atoms with Crippen LogP contribution in [0.25, 0.3) is 0 Å². The van der Waals surface area contributed by atoms with Crippen molar-refractivity contribution >= 4 is 5.69 Å². The topological polar surface area (TPSA) is 15.8 Å². The second-order valence-corrected chi connectivity index (χ2v) is 5.04. The summed E-state index contributed by atoms with van der Waals surface area (Å²) in [6.45, 7) is 3.83. The van der Waals surface area contributed by atoms with Crippen molar-refractivity contribution in [2.75, 3.05) is 24.6 Å². The molecule has 0 radical (unpaired) electrons. The quantitative estimate of drug-likeness (QED) is 0.700. The lowest BCUT2D eigenvalue weighted by Gasteiger charge is -2.32. The number of rotatable bonds is 1. The second-order valence-electron chi connectivity index (χ2n) is 5.04. The molecule has 0 unspecified atom stereocenters. The van der Waals surface area contributed by atoms with Gasteiger partial charge in [0.05, 0.1) is 12.2 Å². The standard InChI is InChI=1S/C13H15F2NO/c1-9-6-10(14)12(11(15)7-9)16-4-2-13(3-5-16)8-17-13/h6-7H,2-5,8H2,1H3. The molecule has 2 fully saturated rings. The van der Waals surface area contributed by atoms with Gasteiger partial charge in [-0.15, -0.1) is 0 Å². The molecule has 17 heavy (non-hydrogen) atoms. The lowest BCUT2D eigenvalue weighted by Crippen LogP contribution is -2.38. The summed E-state index contributed by atoms with van der Waals surface area (Å²) in [5, 5.41) is 0. The van der Waals surface area contributed by atoms with E-state index in [1.807, 2.05) is 0 Å². The van der Waals surface area contributed by atoms with Crippen LogP contribution in [-0.4, -0.2) is 25.3 Å². The monoisotopic (exact) mass is 239 g/mol. The molecule has 0 amide bonds. The molecule has 0 aromatic heterocycles. The summed E-state index contributed by atoms with van der Waals surface area (Å²) in [7, 11) is 0. The Labute approximate surface area is 99.2 Å². The van der Waals surface area contributed by atoms with Crippen molar-refractivity contribution in [3.05, 3.63) is 29.3 Å². The normalized spacial score (nSPS) is 21.9. The summed E-state index contributed by atoms with van der Waals surface area (Å²) in [6.07, 6.45) is 1.72. The summed E-state index contributed by atoms with van der Waals surface area (Å²) in [6, 6.07) is 2.77. The number of epoxide rings is 1. The molecule has 0 N–H and O–H groups in total. The van der Waals surface area contributed by atoms with Gasteiger partial charge in [0.1, 0.15) is 17.3 Å². The number of hydrogen-bond acceptors (Lipinski definition) is 2. The molecule has 4 heteroatoms. The maximum absolute atomic E-state index is 13.8. The number of anilines is 1. The number of ether oxygens (including phenoxy) is 1. The van der Waals surface area contributed by atoms with Crippen molar-refractivity contribution in [1.29, 1.82) is 0 Å². The van der Waals surface area contributed by atoms with E-state index < -0.39 is 11.6 Å². The van der Waals surface area contributed by atoms with Gasteiger partial charge in [0, 0.05) is 13.1 Å². The molecule has 1 aromatic carbocycles. The van der Waals surface area contributed by atoms with Gasteiger partial charge >= 0.3 is 0 Å². The predicted octanol–water partition coefficient (Wildman–Crippen LogP) is 2.64. The smallest absolute Gasteiger partial charge is 0.149 e. The molecule has 92 valence electrons. The molecule has 1 aromatic rings. The first kappa shape index (κ1) is 11.0. The van der Waals surface area contributed by atoms with Crippen LogP contribution in [0.2, 0.25) is 0 Å². The summed E-state index contributed by atoms with van der Waals surface area (Å²) in [5.74, 6) is -0.926. The largest absolute Gasteiger partial charge is 0.369 e. The first-order valence-corrected chi connectivity index (χ1v) is 5.94. The molecule has 1 spiro atoms. The SMILES string of the molecule is Cc1cc(F)c(N2CCC3(CC2)CO3)c(F)c1. The average molecular weight is 239 g/mol. The Bertz CT molecular complexity index is 424. The van der Waals surface area contributed by atoms with Gasteiger partial charge in [-0.25, -0.2) is 8.78 Å². The maximum atomic E-state index is 13.8. The van der Waals surface area contributed by atoms with E-state index in [2.05, 4.69) is 0 Å². The van der Waals surface area contributed by atoms with Crippen LogP contribution >= 0.6 is 0 Å². The van der Waals surface area contributed by atoms with E-state index in [1.165, 1.54) is 12.1 Å². The Hall–Kier alpha value is -1.16. The van der Waals surface area contributed by atoms with Crippen LogP contribution in [0.3, 0.4) is 0 Å². The number of benzene rings is 1. The van der Waals surface area contributed by atoms with Crippen molar-refractivity contribution < 1.29 is 13.5 Å².